The molecular weight excluding hydrogens is 338 g/mol. The molecule has 1 atom stereocenters. The molecule has 1 aromatic carbocycles. The van der Waals surface area contributed by atoms with E-state index < -0.39 is 25.9 Å². The van der Waals surface area contributed by atoms with E-state index >= 15 is 0 Å². The summed E-state index contributed by atoms with van der Waals surface area (Å²) in [5, 5.41) is 8.84. The van der Waals surface area contributed by atoms with E-state index in [-0.39, 0.29) is 27.8 Å². The van der Waals surface area contributed by atoms with Gasteiger partial charge < -0.3 is 5.11 Å². The monoisotopic (exact) mass is 355 g/mol. The summed E-state index contributed by atoms with van der Waals surface area (Å²) in [5.74, 6) is 0. The van der Waals surface area contributed by atoms with Gasteiger partial charge in [-0.05, 0) is 31.0 Å². The minimum Gasteiger partial charge on any atom is -0.396 e. The first-order chi connectivity index (χ1) is 9.61. The van der Waals surface area contributed by atoms with Gasteiger partial charge in [-0.15, -0.1) is 0 Å². The molecule has 0 heterocycles. The molecule has 0 aromatic heterocycles. The highest BCUT2D eigenvalue weighted by atomic mass is 35.5. The fourth-order valence-corrected chi connectivity index (χ4v) is 4.31. The van der Waals surface area contributed by atoms with E-state index in [0.717, 1.165) is 12.3 Å². The molecule has 0 bridgehead atoms. The lowest BCUT2D eigenvalue weighted by atomic mass is 10.2. The van der Waals surface area contributed by atoms with Crippen LogP contribution in [0.4, 0.5) is 0 Å². The van der Waals surface area contributed by atoms with Crippen LogP contribution in [0.1, 0.15) is 19.8 Å². The van der Waals surface area contributed by atoms with E-state index in [2.05, 4.69) is 4.72 Å². The molecule has 0 saturated carbocycles. The maximum Gasteiger partial charge on any atom is 0.242 e. The van der Waals surface area contributed by atoms with Gasteiger partial charge in [0.15, 0.2) is 9.84 Å². The van der Waals surface area contributed by atoms with Gasteiger partial charge in [0.25, 0.3) is 0 Å². The first kappa shape index (κ1) is 18.4. The fraction of sp³-hybridized carbons (Fsp3) is 0.500. The van der Waals surface area contributed by atoms with Gasteiger partial charge in [0.05, 0.1) is 9.92 Å². The SMILES string of the molecule is CCC(CCO)NS(=O)(=O)c1cc(S(C)(=O)=O)ccc1Cl. The van der Waals surface area contributed by atoms with E-state index in [1.165, 1.54) is 12.1 Å². The molecule has 0 aliphatic carbocycles. The van der Waals surface area contributed by atoms with E-state index in [9.17, 15) is 16.8 Å². The molecule has 9 heteroatoms. The van der Waals surface area contributed by atoms with Gasteiger partial charge >= 0.3 is 0 Å². The molecule has 0 aliphatic heterocycles. The largest absolute Gasteiger partial charge is 0.396 e. The quantitative estimate of drug-likeness (QED) is 0.765. The third-order valence-electron chi connectivity index (χ3n) is 2.91. The average molecular weight is 356 g/mol. The van der Waals surface area contributed by atoms with Crippen LogP contribution in [0.3, 0.4) is 0 Å². The first-order valence-corrected chi connectivity index (χ1v) is 10.00. The molecule has 21 heavy (non-hydrogen) atoms. The number of sulfonamides is 1. The second-order valence-electron chi connectivity index (χ2n) is 4.60. The number of sulfone groups is 1. The Bertz CT molecular complexity index is 700. The summed E-state index contributed by atoms with van der Waals surface area (Å²) in [6.07, 6.45) is 1.74. The second kappa shape index (κ2) is 7.06. The lowest BCUT2D eigenvalue weighted by Crippen LogP contribution is -2.35. The van der Waals surface area contributed by atoms with Crippen LogP contribution in [0.25, 0.3) is 0 Å². The van der Waals surface area contributed by atoms with Crippen LogP contribution >= 0.6 is 11.6 Å². The van der Waals surface area contributed by atoms with Crippen LogP contribution in [-0.2, 0) is 19.9 Å². The molecule has 6 nitrogen and oxygen atoms in total. The van der Waals surface area contributed by atoms with Crippen molar-refractivity contribution >= 4 is 31.5 Å². The molecule has 1 rings (SSSR count). The Morgan fingerprint density at radius 3 is 2.38 bits per heavy atom. The van der Waals surface area contributed by atoms with Gasteiger partial charge in [-0.2, -0.15) is 0 Å². The zero-order valence-electron chi connectivity index (χ0n) is 11.7. The predicted molar refractivity (Wildman–Crippen MR) is 80.7 cm³/mol. The molecular formula is C12H18ClNO5S2. The van der Waals surface area contributed by atoms with Crippen LogP contribution in [0.5, 0.6) is 0 Å². The maximum absolute atomic E-state index is 12.3. The Hall–Kier alpha value is -0.670. The first-order valence-electron chi connectivity index (χ1n) is 6.24. The Balaban J connectivity index is 3.25. The summed E-state index contributed by atoms with van der Waals surface area (Å²) in [6.45, 7) is 1.62. The minimum atomic E-state index is -3.96. The lowest BCUT2D eigenvalue weighted by molar-refractivity contribution is 0.270. The number of aliphatic hydroxyl groups excluding tert-OH is 1. The van der Waals surface area contributed by atoms with E-state index in [1.54, 1.807) is 6.92 Å². The van der Waals surface area contributed by atoms with Crippen molar-refractivity contribution in [3.05, 3.63) is 23.2 Å². The Labute approximate surface area is 130 Å². The number of rotatable bonds is 7. The third kappa shape index (κ3) is 4.93. The highest BCUT2D eigenvalue weighted by molar-refractivity contribution is 7.91. The summed E-state index contributed by atoms with van der Waals surface area (Å²) in [5.41, 5.74) is 0. The van der Waals surface area contributed by atoms with Gasteiger partial charge in [-0.1, -0.05) is 18.5 Å². The van der Waals surface area contributed by atoms with Crippen LogP contribution in [0, 0.1) is 0 Å². The van der Waals surface area contributed by atoms with Gasteiger partial charge in [0.2, 0.25) is 10.0 Å². The highest BCUT2D eigenvalue weighted by Crippen LogP contribution is 2.25. The Morgan fingerprint density at radius 2 is 1.90 bits per heavy atom. The van der Waals surface area contributed by atoms with Crippen molar-refractivity contribution in [3.63, 3.8) is 0 Å². The topological polar surface area (TPSA) is 101 Å². The van der Waals surface area contributed by atoms with Crippen molar-refractivity contribution in [2.24, 2.45) is 0 Å². The standard InChI is InChI=1S/C12H18ClNO5S2/c1-3-9(6-7-15)14-21(18,19)12-8-10(20(2,16)17)4-5-11(12)13/h4-5,8-9,14-15H,3,6-7H2,1-2H3. The van der Waals surface area contributed by atoms with Crippen LogP contribution in [0.15, 0.2) is 28.0 Å². The van der Waals surface area contributed by atoms with Crippen molar-refractivity contribution in [2.75, 3.05) is 12.9 Å². The second-order valence-corrected chi connectivity index (χ2v) is 8.71. The molecule has 0 fully saturated rings. The summed E-state index contributed by atoms with van der Waals surface area (Å²) in [4.78, 5) is -0.411. The number of hydrogen-bond donors (Lipinski definition) is 2. The van der Waals surface area contributed by atoms with Gasteiger partial charge in [-0.25, -0.2) is 21.6 Å². The smallest absolute Gasteiger partial charge is 0.242 e. The van der Waals surface area contributed by atoms with Gasteiger partial charge in [-0.3, -0.25) is 0 Å². The molecule has 0 radical (unpaired) electrons. The van der Waals surface area contributed by atoms with Gasteiger partial charge in [0, 0.05) is 18.9 Å². The maximum atomic E-state index is 12.3. The molecule has 0 saturated heterocycles. The van der Waals surface area contributed by atoms with E-state index in [1.807, 2.05) is 0 Å². The zero-order chi connectivity index (χ0) is 16.3. The molecule has 0 aliphatic rings. The van der Waals surface area contributed by atoms with E-state index in [0.29, 0.717) is 6.42 Å². The molecule has 1 aromatic rings. The summed E-state index contributed by atoms with van der Waals surface area (Å²) in [6, 6.07) is 3.07. The molecule has 1 unspecified atom stereocenters. The highest BCUT2D eigenvalue weighted by Gasteiger charge is 2.23. The minimum absolute atomic E-state index is 0.0613. The van der Waals surface area contributed by atoms with E-state index in [4.69, 9.17) is 16.7 Å². The molecule has 0 spiro atoms. The third-order valence-corrected chi connectivity index (χ3v) is 6.02. The van der Waals surface area contributed by atoms with Crippen molar-refractivity contribution in [2.45, 2.75) is 35.6 Å². The summed E-state index contributed by atoms with van der Waals surface area (Å²) < 4.78 is 50.0. The Morgan fingerprint density at radius 1 is 1.29 bits per heavy atom. The molecule has 0 amide bonds. The van der Waals surface area contributed by atoms with Crippen LogP contribution in [-0.4, -0.2) is 40.8 Å². The van der Waals surface area contributed by atoms with Crippen LogP contribution < -0.4 is 4.72 Å². The summed E-state index contributed by atoms with van der Waals surface area (Å²) in [7, 11) is -7.50. The number of hydrogen-bond acceptors (Lipinski definition) is 5. The van der Waals surface area contributed by atoms with Crippen molar-refractivity contribution in [1.82, 2.24) is 4.72 Å². The fourth-order valence-electron chi connectivity index (χ4n) is 1.71. The zero-order valence-corrected chi connectivity index (χ0v) is 14.1. The number of halogens is 1. The molecule has 120 valence electrons. The lowest BCUT2D eigenvalue weighted by Gasteiger charge is -2.17. The summed E-state index contributed by atoms with van der Waals surface area (Å²) >= 11 is 5.87. The predicted octanol–water partition coefficient (Wildman–Crippen LogP) is 1.18. The average Bonchev–Trinajstić information content (AvgIpc) is 2.36. The van der Waals surface area contributed by atoms with Crippen molar-refractivity contribution < 1.29 is 21.9 Å². The van der Waals surface area contributed by atoms with Crippen molar-refractivity contribution in [1.29, 1.82) is 0 Å². The van der Waals surface area contributed by atoms with Crippen molar-refractivity contribution in [3.8, 4) is 0 Å². The Kier molecular flexibility index (Phi) is 6.18. The van der Waals surface area contributed by atoms with Gasteiger partial charge in [0.1, 0.15) is 4.90 Å². The molecule has 2 N–H and O–H groups in total. The van der Waals surface area contributed by atoms with Crippen LogP contribution in [0.2, 0.25) is 5.02 Å². The number of benzene rings is 1. The number of aliphatic hydroxyl groups is 1. The number of nitrogens with one attached hydrogen (secondary N) is 1. The normalized spacial score (nSPS) is 14.1.